The molecule has 1 atom stereocenters. The third kappa shape index (κ3) is 3.57. The molecule has 1 heterocycles. The van der Waals surface area contributed by atoms with Crippen molar-refractivity contribution in [3.8, 4) is 0 Å². The van der Waals surface area contributed by atoms with Crippen molar-refractivity contribution in [2.75, 3.05) is 20.6 Å². The molecule has 0 unspecified atom stereocenters. The molecule has 22 heavy (non-hydrogen) atoms. The molecule has 1 amide bonds. The van der Waals surface area contributed by atoms with Crippen molar-refractivity contribution >= 4 is 5.91 Å². The first-order chi connectivity index (χ1) is 10.4. The second-order valence-corrected chi connectivity index (χ2v) is 6.03. The minimum atomic E-state index is -0.0166. The number of amides is 1. The number of hydrogen-bond acceptors (Lipinski definition) is 2. The van der Waals surface area contributed by atoms with E-state index in [-0.39, 0.29) is 11.9 Å². The summed E-state index contributed by atoms with van der Waals surface area (Å²) in [5.74, 6) is -0.0166. The number of likely N-dealkylation sites (N-methyl/N-ethyl adjacent to an activating group) is 1. The fourth-order valence-electron chi connectivity index (χ4n) is 2.52. The van der Waals surface area contributed by atoms with Crippen LogP contribution in [-0.2, 0) is 7.05 Å². The Hall–Kier alpha value is -2.07. The monoisotopic (exact) mass is 299 g/mol. The molecule has 1 N–H and O–H groups in total. The predicted molar refractivity (Wildman–Crippen MR) is 90.1 cm³/mol. The van der Waals surface area contributed by atoms with Crippen LogP contribution in [0.3, 0.4) is 0 Å². The van der Waals surface area contributed by atoms with Crippen LogP contribution in [0.1, 0.15) is 33.2 Å². The van der Waals surface area contributed by atoms with Gasteiger partial charge in [0.15, 0.2) is 0 Å². The normalized spacial score (nSPS) is 12.5. The average Bonchev–Trinajstić information content (AvgIpc) is 2.80. The van der Waals surface area contributed by atoms with Crippen LogP contribution in [0.2, 0.25) is 0 Å². The summed E-state index contributed by atoms with van der Waals surface area (Å²) in [7, 11) is 6.01. The van der Waals surface area contributed by atoms with E-state index in [1.807, 2.05) is 44.9 Å². The number of carbonyl (C=O) groups excluding carboxylic acids is 1. The van der Waals surface area contributed by atoms with E-state index in [4.69, 9.17) is 0 Å². The van der Waals surface area contributed by atoms with Crippen LogP contribution in [0.25, 0.3) is 0 Å². The van der Waals surface area contributed by atoms with E-state index in [0.29, 0.717) is 6.54 Å². The number of carbonyl (C=O) groups is 1. The SMILES string of the molecule is Cc1ccc([C@@H](CNC(=O)c2ccn(C)c2C)N(C)C)cc1. The Morgan fingerprint density at radius 2 is 1.82 bits per heavy atom. The van der Waals surface area contributed by atoms with Crippen LogP contribution in [0, 0.1) is 13.8 Å². The van der Waals surface area contributed by atoms with E-state index in [1.54, 1.807) is 0 Å². The van der Waals surface area contributed by atoms with Gasteiger partial charge in [-0.25, -0.2) is 0 Å². The molecule has 1 aromatic carbocycles. The van der Waals surface area contributed by atoms with Crippen LogP contribution in [0.5, 0.6) is 0 Å². The molecule has 2 rings (SSSR count). The summed E-state index contributed by atoms with van der Waals surface area (Å²) >= 11 is 0. The maximum Gasteiger partial charge on any atom is 0.253 e. The van der Waals surface area contributed by atoms with Crippen LogP contribution < -0.4 is 5.32 Å². The molecular formula is C18H25N3O. The van der Waals surface area contributed by atoms with Crippen molar-refractivity contribution in [1.29, 1.82) is 0 Å². The van der Waals surface area contributed by atoms with Gasteiger partial charge in [-0.15, -0.1) is 0 Å². The van der Waals surface area contributed by atoms with Gasteiger partial charge in [-0.1, -0.05) is 29.8 Å². The Morgan fingerprint density at radius 1 is 1.18 bits per heavy atom. The van der Waals surface area contributed by atoms with Crippen LogP contribution in [-0.4, -0.2) is 36.0 Å². The molecule has 4 nitrogen and oxygen atoms in total. The predicted octanol–water partition coefficient (Wildman–Crippen LogP) is 2.67. The summed E-state index contributed by atoms with van der Waals surface area (Å²) in [4.78, 5) is 14.5. The summed E-state index contributed by atoms with van der Waals surface area (Å²) in [6.45, 7) is 4.62. The van der Waals surface area contributed by atoms with E-state index in [2.05, 4.69) is 41.4 Å². The van der Waals surface area contributed by atoms with Gasteiger partial charge in [0.1, 0.15) is 0 Å². The van der Waals surface area contributed by atoms with E-state index in [1.165, 1.54) is 11.1 Å². The third-order valence-corrected chi connectivity index (χ3v) is 4.17. The number of aryl methyl sites for hydroxylation is 2. The molecule has 4 heteroatoms. The molecule has 0 saturated heterocycles. The highest BCUT2D eigenvalue weighted by molar-refractivity contribution is 5.95. The molecule has 118 valence electrons. The Kier molecular flexibility index (Phi) is 5.03. The van der Waals surface area contributed by atoms with Crippen molar-refractivity contribution in [3.63, 3.8) is 0 Å². The molecule has 0 bridgehead atoms. The molecule has 0 aliphatic rings. The highest BCUT2D eigenvalue weighted by Gasteiger charge is 2.17. The molecule has 1 aromatic heterocycles. The van der Waals surface area contributed by atoms with E-state index in [0.717, 1.165) is 11.3 Å². The van der Waals surface area contributed by atoms with Crippen molar-refractivity contribution in [2.45, 2.75) is 19.9 Å². The van der Waals surface area contributed by atoms with E-state index >= 15 is 0 Å². The van der Waals surface area contributed by atoms with E-state index in [9.17, 15) is 4.79 Å². The standard InChI is InChI=1S/C18H25N3O/c1-13-6-8-15(9-7-13)17(20(3)4)12-19-18(22)16-10-11-21(5)14(16)2/h6-11,17H,12H2,1-5H3,(H,19,22)/t17-/m1/s1. The minimum absolute atomic E-state index is 0.0166. The smallest absolute Gasteiger partial charge is 0.253 e. The van der Waals surface area contributed by atoms with Crippen LogP contribution >= 0.6 is 0 Å². The van der Waals surface area contributed by atoms with Gasteiger partial charge in [0.25, 0.3) is 5.91 Å². The topological polar surface area (TPSA) is 37.3 Å². The molecule has 0 spiro atoms. The van der Waals surface area contributed by atoms with Crippen molar-refractivity contribution in [2.24, 2.45) is 7.05 Å². The maximum absolute atomic E-state index is 12.3. The summed E-state index contributed by atoms with van der Waals surface area (Å²) in [6.07, 6.45) is 1.91. The molecule has 0 aliphatic carbocycles. The Morgan fingerprint density at radius 3 is 2.32 bits per heavy atom. The minimum Gasteiger partial charge on any atom is -0.354 e. The zero-order valence-electron chi connectivity index (χ0n) is 14.1. The van der Waals surface area contributed by atoms with Gasteiger partial charge in [0.05, 0.1) is 11.6 Å². The van der Waals surface area contributed by atoms with Gasteiger partial charge in [-0.3, -0.25) is 4.79 Å². The fourth-order valence-corrected chi connectivity index (χ4v) is 2.52. The van der Waals surface area contributed by atoms with Gasteiger partial charge in [0.2, 0.25) is 0 Å². The summed E-state index contributed by atoms with van der Waals surface area (Å²) in [5, 5.41) is 3.05. The zero-order chi connectivity index (χ0) is 16.3. The number of hydrogen-bond donors (Lipinski definition) is 1. The van der Waals surface area contributed by atoms with Gasteiger partial charge in [-0.05, 0) is 39.6 Å². The Balaban J connectivity index is 2.08. The van der Waals surface area contributed by atoms with Gasteiger partial charge in [-0.2, -0.15) is 0 Å². The Bertz CT molecular complexity index is 641. The molecule has 0 saturated carbocycles. The lowest BCUT2D eigenvalue weighted by Gasteiger charge is -2.25. The Labute approximate surface area is 132 Å². The molecule has 0 radical (unpaired) electrons. The first kappa shape index (κ1) is 16.3. The second-order valence-electron chi connectivity index (χ2n) is 6.03. The number of nitrogens with zero attached hydrogens (tertiary/aromatic N) is 2. The summed E-state index contributed by atoms with van der Waals surface area (Å²) < 4.78 is 1.96. The highest BCUT2D eigenvalue weighted by Crippen LogP contribution is 2.18. The number of nitrogens with one attached hydrogen (secondary N) is 1. The largest absolute Gasteiger partial charge is 0.354 e. The first-order valence-electron chi connectivity index (χ1n) is 7.53. The number of benzene rings is 1. The second kappa shape index (κ2) is 6.79. The van der Waals surface area contributed by atoms with Crippen molar-refractivity contribution in [3.05, 3.63) is 58.9 Å². The van der Waals surface area contributed by atoms with Gasteiger partial charge < -0.3 is 14.8 Å². The third-order valence-electron chi connectivity index (χ3n) is 4.17. The number of aromatic nitrogens is 1. The van der Waals surface area contributed by atoms with Gasteiger partial charge in [0, 0.05) is 25.5 Å². The zero-order valence-corrected chi connectivity index (χ0v) is 14.1. The quantitative estimate of drug-likeness (QED) is 0.921. The highest BCUT2D eigenvalue weighted by atomic mass is 16.1. The van der Waals surface area contributed by atoms with Gasteiger partial charge >= 0.3 is 0 Å². The average molecular weight is 299 g/mol. The maximum atomic E-state index is 12.3. The lowest BCUT2D eigenvalue weighted by Crippen LogP contribution is -2.34. The molecule has 0 fully saturated rings. The van der Waals surface area contributed by atoms with Crippen LogP contribution in [0.4, 0.5) is 0 Å². The van der Waals surface area contributed by atoms with E-state index < -0.39 is 0 Å². The van der Waals surface area contributed by atoms with Crippen molar-refractivity contribution < 1.29 is 4.79 Å². The first-order valence-corrected chi connectivity index (χ1v) is 7.53. The van der Waals surface area contributed by atoms with Crippen molar-refractivity contribution in [1.82, 2.24) is 14.8 Å². The lowest BCUT2D eigenvalue weighted by atomic mass is 10.0. The lowest BCUT2D eigenvalue weighted by molar-refractivity contribution is 0.0941. The molecular weight excluding hydrogens is 274 g/mol. The molecule has 0 aliphatic heterocycles. The number of rotatable bonds is 5. The fraction of sp³-hybridized carbons (Fsp3) is 0.389. The summed E-state index contributed by atoms with van der Waals surface area (Å²) in [6, 6.07) is 10.5. The van der Waals surface area contributed by atoms with Crippen LogP contribution in [0.15, 0.2) is 36.5 Å². The molecule has 2 aromatic rings. The summed E-state index contributed by atoms with van der Waals surface area (Å²) in [5.41, 5.74) is 4.17.